The van der Waals surface area contributed by atoms with E-state index < -0.39 is 6.04 Å². The quantitative estimate of drug-likeness (QED) is 0.498. The average Bonchev–Trinajstić information content (AvgIpc) is 2.92. The first-order chi connectivity index (χ1) is 17.6. The second-order valence-electron chi connectivity index (χ2n) is 9.98. The van der Waals surface area contributed by atoms with Gasteiger partial charge in [0.2, 0.25) is 5.91 Å². The number of carbonyl (C=O) groups is 2. The summed E-state index contributed by atoms with van der Waals surface area (Å²) in [7, 11) is 0. The standard InChI is InChI=1S/C29H36N2O5/c1-2-3-17-34-23-15-13-21(14-16-23)28-29(33)30(22-9-5-4-6-10-22)19-27(32)31(28)18-24-20-35-25-11-7-8-12-26(25)36-24/h7-8,11-16,22,24,28H,2-6,9-10,17-20H2,1H3/t24-,28+/m0/s1. The van der Waals surface area contributed by atoms with Crippen LogP contribution in [-0.4, -0.2) is 60.1 Å². The number of piperazine rings is 1. The van der Waals surface area contributed by atoms with Gasteiger partial charge in [0, 0.05) is 6.04 Å². The lowest BCUT2D eigenvalue weighted by Gasteiger charge is -2.45. The molecule has 1 saturated carbocycles. The Labute approximate surface area is 213 Å². The Morgan fingerprint density at radius 1 is 0.972 bits per heavy atom. The fourth-order valence-electron chi connectivity index (χ4n) is 5.43. The molecule has 2 aliphatic heterocycles. The maximum atomic E-state index is 13.9. The lowest BCUT2D eigenvalue weighted by Crippen LogP contribution is -2.60. The Kier molecular flexibility index (Phi) is 7.63. The molecule has 2 heterocycles. The molecular weight excluding hydrogens is 456 g/mol. The normalized spacial score (nSPS) is 22.6. The summed E-state index contributed by atoms with van der Waals surface area (Å²) < 4.78 is 17.9. The predicted molar refractivity (Wildman–Crippen MR) is 136 cm³/mol. The lowest BCUT2D eigenvalue weighted by molar-refractivity contribution is -0.160. The minimum atomic E-state index is -0.682. The number of nitrogens with zero attached hydrogens (tertiary/aromatic N) is 2. The van der Waals surface area contributed by atoms with Crippen LogP contribution in [0.15, 0.2) is 48.5 Å². The van der Waals surface area contributed by atoms with Crippen LogP contribution >= 0.6 is 0 Å². The van der Waals surface area contributed by atoms with Crippen LogP contribution in [-0.2, 0) is 9.59 Å². The van der Waals surface area contributed by atoms with Gasteiger partial charge in [0.05, 0.1) is 13.2 Å². The molecule has 0 unspecified atom stereocenters. The Morgan fingerprint density at radius 2 is 1.72 bits per heavy atom. The van der Waals surface area contributed by atoms with Gasteiger partial charge in [-0.2, -0.15) is 0 Å². The topological polar surface area (TPSA) is 68.3 Å². The van der Waals surface area contributed by atoms with E-state index >= 15 is 0 Å². The molecule has 2 fully saturated rings. The summed E-state index contributed by atoms with van der Waals surface area (Å²) in [6.07, 6.45) is 7.05. The van der Waals surface area contributed by atoms with E-state index in [0.717, 1.165) is 49.8 Å². The number of ether oxygens (including phenoxy) is 3. The summed E-state index contributed by atoms with van der Waals surface area (Å²) in [5, 5.41) is 0. The maximum absolute atomic E-state index is 13.9. The molecule has 7 heteroatoms. The molecule has 0 N–H and O–H groups in total. The highest BCUT2D eigenvalue weighted by Gasteiger charge is 2.44. The van der Waals surface area contributed by atoms with Crippen LogP contribution < -0.4 is 14.2 Å². The molecule has 5 rings (SSSR count). The number of hydrogen-bond acceptors (Lipinski definition) is 5. The number of rotatable bonds is 8. The lowest BCUT2D eigenvalue weighted by atomic mass is 9.91. The molecule has 36 heavy (non-hydrogen) atoms. The van der Waals surface area contributed by atoms with Crippen molar-refractivity contribution in [3.05, 3.63) is 54.1 Å². The maximum Gasteiger partial charge on any atom is 0.250 e. The van der Waals surface area contributed by atoms with Crippen LogP contribution in [0.5, 0.6) is 17.2 Å². The summed E-state index contributed by atoms with van der Waals surface area (Å²) in [6.45, 7) is 3.54. The molecule has 7 nitrogen and oxygen atoms in total. The first-order valence-electron chi connectivity index (χ1n) is 13.3. The van der Waals surface area contributed by atoms with Gasteiger partial charge < -0.3 is 24.0 Å². The van der Waals surface area contributed by atoms with Crippen molar-refractivity contribution in [3.63, 3.8) is 0 Å². The number of unbranched alkanes of at least 4 members (excludes halogenated alkanes) is 1. The SMILES string of the molecule is CCCCOc1ccc([C@@H]2C(=O)N(C3CCCCC3)CC(=O)N2C[C@H]2COc3ccccc3O2)cc1. The fraction of sp³-hybridized carbons (Fsp3) is 0.517. The van der Waals surface area contributed by atoms with Crippen molar-refractivity contribution < 1.29 is 23.8 Å². The Balaban J connectivity index is 1.38. The predicted octanol–water partition coefficient (Wildman–Crippen LogP) is 4.75. The zero-order valence-corrected chi connectivity index (χ0v) is 21.1. The molecule has 2 amide bonds. The van der Waals surface area contributed by atoms with Crippen molar-refractivity contribution in [1.29, 1.82) is 0 Å². The zero-order chi connectivity index (χ0) is 24.9. The molecule has 0 aromatic heterocycles. The van der Waals surface area contributed by atoms with E-state index in [9.17, 15) is 9.59 Å². The number of hydrogen-bond donors (Lipinski definition) is 0. The molecule has 2 atom stereocenters. The van der Waals surface area contributed by atoms with Crippen LogP contribution in [0, 0.1) is 0 Å². The molecular formula is C29H36N2O5. The third-order valence-corrected chi connectivity index (χ3v) is 7.40. The Bertz CT molecular complexity index is 1050. The second-order valence-corrected chi connectivity index (χ2v) is 9.98. The van der Waals surface area contributed by atoms with E-state index in [2.05, 4.69) is 6.92 Å². The van der Waals surface area contributed by atoms with Crippen LogP contribution in [0.4, 0.5) is 0 Å². The minimum Gasteiger partial charge on any atom is -0.494 e. The third-order valence-electron chi connectivity index (χ3n) is 7.40. The number of benzene rings is 2. The fourth-order valence-corrected chi connectivity index (χ4v) is 5.43. The molecule has 1 aliphatic carbocycles. The van der Waals surface area contributed by atoms with E-state index in [1.807, 2.05) is 53.4 Å². The van der Waals surface area contributed by atoms with E-state index in [-0.39, 0.29) is 37.0 Å². The van der Waals surface area contributed by atoms with Gasteiger partial charge in [-0.15, -0.1) is 0 Å². The number of para-hydroxylation sites is 2. The van der Waals surface area contributed by atoms with Crippen molar-refractivity contribution in [2.45, 2.75) is 70.1 Å². The van der Waals surface area contributed by atoms with Gasteiger partial charge in [0.15, 0.2) is 17.6 Å². The molecule has 192 valence electrons. The Morgan fingerprint density at radius 3 is 2.47 bits per heavy atom. The van der Waals surface area contributed by atoms with Crippen molar-refractivity contribution in [2.75, 3.05) is 26.3 Å². The second kappa shape index (κ2) is 11.2. The average molecular weight is 493 g/mol. The van der Waals surface area contributed by atoms with Crippen molar-refractivity contribution in [1.82, 2.24) is 9.80 Å². The monoisotopic (exact) mass is 492 g/mol. The van der Waals surface area contributed by atoms with Gasteiger partial charge in [-0.05, 0) is 49.1 Å². The highest BCUT2D eigenvalue weighted by molar-refractivity contribution is 5.95. The summed E-state index contributed by atoms with van der Waals surface area (Å²) in [4.78, 5) is 31.0. The van der Waals surface area contributed by atoms with Crippen molar-refractivity contribution >= 4 is 11.8 Å². The van der Waals surface area contributed by atoms with Crippen LogP contribution in [0.1, 0.15) is 63.5 Å². The van der Waals surface area contributed by atoms with Gasteiger partial charge in [-0.25, -0.2) is 0 Å². The summed E-state index contributed by atoms with van der Waals surface area (Å²) in [6, 6.07) is 14.6. The number of amides is 2. The first-order valence-corrected chi connectivity index (χ1v) is 13.3. The largest absolute Gasteiger partial charge is 0.494 e. The zero-order valence-electron chi connectivity index (χ0n) is 21.1. The molecule has 2 aromatic rings. The van der Waals surface area contributed by atoms with Crippen molar-refractivity contribution in [3.8, 4) is 17.2 Å². The van der Waals surface area contributed by atoms with Gasteiger partial charge in [0.25, 0.3) is 5.91 Å². The van der Waals surface area contributed by atoms with Gasteiger partial charge in [-0.1, -0.05) is 56.9 Å². The van der Waals surface area contributed by atoms with Gasteiger partial charge in [-0.3, -0.25) is 9.59 Å². The van der Waals surface area contributed by atoms with Crippen LogP contribution in [0.2, 0.25) is 0 Å². The first kappa shape index (κ1) is 24.5. The summed E-state index contributed by atoms with van der Waals surface area (Å²) >= 11 is 0. The molecule has 0 radical (unpaired) electrons. The molecule has 0 bridgehead atoms. The molecule has 0 spiro atoms. The minimum absolute atomic E-state index is 0.00159. The van der Waals surface area contributed by atoms with E-state index in [1.165, 1.54) is 6.42 Å². The summed E-state index contributed by atoms with van der Waals surface area (Å²) in [5.41, 5.74) is 0.800. The smallest absolute Gasteiger partial charge is 0.250 e. The molecule has 1 saturated heterocycles. The summed E-state index contributed by atoms with van der Waals surface area (Å²) in [5.74, 6) is 2.10. The van der Waals surface area contributed by atoms with Crippen LogP contribution in [0.3, 0.4) is 0 Å². The van der Waals surface area contributed by atoms with Gasteiger partial charge >= 0.3 is 0 Å². The van der Waals surface area contributed by atoms with E-state index in [1.54, 1.807) is 4.90 Å². The third kappa shape index (κ3) is 5.30. The Hall–Kier alpha value is -3.22. The van der Waals surface area contributed by atoms with Gasteiger partial charge in [0.1, 0.15) is 24.9 Å². The highest BCUT2D eigenvalue weighted by Crippen LogP contribution is 2.35. The molecule has 2 aromatic carbocycles. The van der Waals surface area contributed by atoms with Crippen LogP contribution in [0.25, 0.3) is 0 Å². The molecule has 3 aliphatic rings. The number of carbonyl (C=O) groups excluding carboxylic acids is 2. The van der Waals surface area contributed by atoms with E-state index in [0.29, 0.717) is 24.7 Å². The number of fused-ring (bicyclic) bond motifs is 1. The van der Waals surface area contributed by atoms with Crippen molar-refractivity contribution in [2.24, 2.45) is 0 Å². The highest BCUT2D eigenvalue weighted by atomic mass is 16.6. The van der Waals surface area contributed by atoms with E-state index in [4.69, 9.17) is 14.2 Å².